The van der Waals surface area contributed by atoms with Crippen molar-refractivity contribution >= 4 is 10.9 Å². The van der Waals surface area contributed by atoms with Crippen LogP contribution in [0.3, 0.4) is 0 Å². The number of aromatic nitrogens is 1. The summed E-state index contributed by atoms with van der Waals surface area (Å²) in [6.07, 6.45) is 4.72. The molecule has 2 aromatic heterocycles. The number of hydrogen-bond donors (Lipinski definition) is 3. The standard InChI is InChI=1S/C20H24N2O2/c1-13-5-7-17-15(10-13)16-11-14(6-8-18(16)22-17)21-12-20(2,23)19-4-3-9-24-19/h3-5,7,9-10,14,21-23H,6,8,11-12H2,1-2H3. The summed E-state index contributed by atoms with van der Waals surface area (Å²) in [4.78, 5) is 3.57. The first kappa shape index (κ1) is 15.5. The molecule has 4 rings (SSSR count). The normalized spacial score (nSPS) is 20.0. The fourth-order valence-corrected chi connectivity index (χ4v) is 3.72. The maximum Gasteiger partial charge on any atom is 0.136 e. The highest BCUT2D eigenvalue weighted by molar-refractivity contribution is 5.85. The monoisotopic (exact) mass is 324 g/mol. The van der Waals surface area contributed by atoms with Gasteiger partial charge >= 0.3 is 0 Å². The van der Waals surface area contributed by atoms with Crippen molar-refractivity contribution < 1.29 is 9.52 Å². The number of aromatic amines is 1. The topological polar surface area (TPSA) is 61.2 Å². The van der Waals surface area contributed by atoms with Gasteiger partial charge in [-0.1, -0.05) is 11.6 Å². The van der Waals surface area contributed by atoms with Crippen LogP contribution in [0.25, 0.3) is 10.9 Å². The Hall–Kier alpha value is -2.04. The van der Waals surface area contributed by atoms with E-state index in [2.05, 4.69) is 35.4 Å². The van der Waals surface area contributed by atoms with E-state index >= 15 is 0 Å². The van der Waals surface area contributed by atoms with Crippen LogP contribution in [-0.4, -0.2) is 22.7 Å². The summed E-state index contributed by atoms with van der Waals surface area (Å²) in [5.41, 5.74) is 4.33. The SMILES string of the molecule is Cc1ccc2[nH]c3c(c2c1)CC(NCC(C)(O)c1ccco1)CC3. The summed E-state index contributed by atoms with van der Waals surface area (Å²) in [5.74, 6) is 0.606. The van der Waals surface area contributed by atoms with Crippen molar-refractivity contribution in [1.82, 2.24) is 10.3 Å². The summed E-state index contributed by atoms with van der Waals surface area (Å²) >= 11 is 0. The Balaban J connectivity index is 1.50. The summed E-state index contributed by atoms with van der Waals surface area (Å²) in [5, 5.41) is 15.5. The molecular weight excluding hydrogens is 300 g/mol. The van der Waals surface area contributed by atoms with Crippen molar-refractivity contribution in [3.63, 3.8) is 0 Å². The second kappa shape index (κ2) is 5.80. The number of benzene rings is 1. The molecule has 24 heavy (non-hydrogen) atoms. The van der Waals surface area contributed by atoms with Crippen molar-refractivity contribution in [1.29, 1.82) is 0 Å². The minimum atomic E-state index is -0.986. The molecule has 0 amide bonds. The number of fused-ring (bicyclic) bond motifs is 3. The number of rotatable bonds is 4. The van der Waals surface area contributed by atoms with Gasteiger partial charge in [-0.15, -0.1) is 0 Å². The smallest absolute Gasteiger partial charge is 0.136 e. The fraction of sp³-hybridized carbons (Fsp3) is 0.400. The van der Waals surface area contributed by atoms with Gasteiger partial charge in [-0.25, -0.2) is 0 Å². The highest BCUT2D eigenvalue weighted by Gasteiger charge is 2.29. The predicted molar refractivity (Wildman–Crippen MR) is 95.1 cm³/mol. The largest absolute Gasteiger partial charge is 0.466 e. The molecule has 2 heterocycles. The molecule has 0 bridgehead atoms. The molecule has 0 saturated carbocycles. The second-order valence-electron chi connectivity index (χ2n) is 7.20. The van der Waals surface area contributed by atoms with E-state index in [0.717, 1.165) is 19.3 Å². The number of aryl methyl sites for hydroxylation is 2. The van der Waals surface area contributed by atoms with Gasteiger partial charge in [0.1, 0.15) is 11.4 Å². The Labute approximate surface area is 141 Å². The van der Waals surface area contributed by atoms with Crippen LogP contribution >= 0.6 is 0 Å². The van der Waals surface area contributed by atoms with Crippen LogP contribution in [0.15, 0.2) is 41.0 Å². The summed E-state index contributed by atoms with van der Waals surface area (Å²) in [7, 11) is 0. The van der Waals surface area contributed by atoms with E-state index in [0.29, 0.717) is 18.3 Å². The zero-order valence-corrected chi connectivity index (χ0v) is 14.2. The lowest BCUT2D eigenvalue weighted by Crippen LogP contribution is -2.43. The summed E-state index contributed by atoms with van der Waals surface area (Å²) in [6, 6.07) is 10.6. The highest BCUT2D eigenvalue weighted by atomic mass is 16.4. The molecule has 3 aromatic rings. The molecule has 4 heteroatoms. The van der Waals surface area contributed by atoms with Gasteiger partial charge in [-0.2, -0.15) is 0 Å². The van der Waals surface area contributed by atoms with Gasteiger partial charge in [0.15, 0.2) is 0 Å². The molecule has 0 aliphatic heterocycles. The molecule has 126 valence electrons. The zero-order chi connectivity index (χ0) is 16.7. The number of H-pyrrole nitrogens is 1. The van der Waals surface area contributed by atoms with Gasteiger partial charge in [0.25, 0.3) is 0 Å². The van der Waals surface area contributed by atoms with Crippen LogP contribution in [0.1, 0.15) is 35.9 Å². The zero-order valence-electron chi connectivity index (χ0n) is 14.2. The number of furan rings is 1. The number of nitrogens with one attached hydrogen (secondary N) is 2. The van der Waals surface area contributed by atoms with Crippen molar-refractivity contribution in [2.24, 2.45) is 0 Å². The summed E-state index contributed by atoms with van der Waals surface area (Å²) in [6.45, 7) is 4.42. The number of hydrogen-bond acceptors (Lipinski definition) is 3. The molecule has 0 radical (unpaired) electrons. The third kappa shape index (κ3) is 2.76. The lowest BCUT2D eigenvalue weighted by atomic mass is 9.90. The predicted octanol–water partition coefficient (Wildman–Crippen LogP) is 3.42. The van der Waals surface area contributed by atoms with Gasteiger partial charge in [0.2, 0.25) is 0 Å². The molecule has 1 aromatic carbocycles. The minimum Gasteiger partial charge on any atom is -0.466 e. The van der Waals surface area contributed by atoms with Crippen molar-refractivity contribution in [2.45, 2.75) is 44.8 Å². The van der Waals surface area contributed by atoms with Crippen molar-refractivity contribution in [3.8, 4) is 0 Å². The molecule has 1 aliphatic rings. The first-order chi connectivity index (χ1) is 11.5. The van der Waals surface area contributed by atoms with Gasteiger partial charge in [-0.3, -0.25) is 0 Å². The van der Waals surface area contributed by atoms with Gasteiger partial charge < -0.3 is 19.8 Å². The first-order valence-electron chi connectivity index (χ1n) is 8.63. The first-order valence-corrected chi connectivity index (χ1v) is 8.63. The molecule has 3 N–H and O–H groups in total. The van der Waals surface area contributed by atoms with Gasteiger partial charge in [0.05, 0.1) is 6.26 Å². The van der Waals surface area contributed by atoms with E-state index in [1.54, 1.807) is 13.2 Å². The Morgan fingerprint density at radius 2 is 2.25 bits per heavy atom. The Morgan fingerprint density at radius 1 is 1.38 bits per heavy atom. The van der Waals surface area contributed by atoms with Crippen LogP contribution in [0.2, 0.25) is 0 Å². The Morgan fingerprint density at radius 3 is 3.04 bits per heavy atom. The van der Waals surface area contributed by atoms with E-state index < -0.39 is 5.60 Å². The summed E-state index contributed by atoms with van der Waals surface area (Å²) < 4.78 is 5.36. The van der Waals surface area contributed by atoms with Crippen molar-refractivity contribution in [3.05, 3.63) is 59.2 Å². The quantitative estimate of drug-likeness (QED) is 0.689. The molecule has 0 saturated heterocycles. The lowest BCUT2D eigenvalue weighted by molar-refractivity contribution is 0.0311. The molecule has 4 nitrogen and oxygen atoms in total. The van der Waals surface area contributed by atoms with Gasteiger partial charge in [-0.05, 0) is 62.9 Å². The second-order valence-corrected chi connectivity index (χ2v) is 7.20. The van der Waals surface area contributed by atoms with Crippen molar-refractivity contribution in [2.75, 3.05) is 6.54 Å². The van der Waals surface area contributed by atoms with E-state index in [-0.39, 0.29) is 0 Å². The number of aliphatic hydroxyl groups is 1. The molecule has 0 fully saturated rings. The van der Waals surface area contributed by atoms with Crippen LogP contribution < -0.4 is 5.32 Å². The van der Waals surface area contributed by atoms with Crippen LogP contribution in [-0.2, 0) is 18.4 Å². The molecular formula is C20H24N2O2. The van der Waals surface area contributed by atoms with Crippen LogP contribution in [0, 0.1) is 6.92 Å². The molecule has 2 unspecified atom stereocenters. The Kier molecular flexibility index (Phi) is 3.74. The molecule has 2 atom stereocenters. The van der Waals surface area contributed by atoms with Crippen LogP contribution in [0.4, 0.5) is 0 Å². The highest BCUT2D eigenvalue weighted by Crippen LogP contribution is 2.30. The third-order valence-corrected chi connectivity index (χ3v) is 5.13. The molecule has 0 spiro atoms. The van der Waals surface area contributed by atoms with Crippen LogP contribution in [0.5, 0.6) is 0 Å². The van der Waals surface area contributed by atoms with E-state index in [9.17, 15) is 5.11 Å². The van der Waals surface area contributed by atoms with E-state index in [4.69, 9.17) is 4.42 Å². The lowest BCUT2D eigenvalue weighted by Gasteiger charge is -2.28. The average Bonchev–Trinajstić information content (AvgIpc) is 3.21. The third-order valence-electron chi connectivity index (χ3n) is 5.13. The maximum absolute atomic E-state index is 10.6. The average molecular weight is 324 g/mol. The fourth-order valence-electron chi connectivity index (χ4n) is 3.72. The van der Waals surface area contributed by atoms with E-state index in [1.165, 1.54) is 27.7 Å². The molecule has 1 aliphatic carbocycles. The van der Waals surface area contributed by atoms with Gasteiger partial charge in [0, 0.05) is 29.2 Å². The minimum absolute atomic E-state index is 0.374. The maximum atomic E-state index is 10.6. The Bertz CT molecular complexity index is 846. The van der Waals surface area contributed by atoms with E-state index in [1.807, 2.05) is 12.1 Å².